The van der Waals surface area contributed by atoms with E-state index in [1.807, 2.05) is 97.1 Å². The SMILES string of the molecule is O=C1[C@@H]2[C@@H](C(=O)N1c1ccccc1Cl)[C@@]1(c3ccccc3)C(=O)[C@@]2(c2ccccc2)C(c2ccc3c(c2)OCO3)=C1c1ccc2c(c1)OCO2. The predicted molar refractivity (Wildman–Crippen MR) is 184 cm³/mol. The molecule has 0 radical (unpaired) electrons. The quantitative estimate of drug-likeness (QED) is 0.185. The molecule has 4 atom stereocenters. The molecular weight excluding hydrogens is 654 g/mol. The van der Waals surface area contributed by atoms with Gasteiger partial charge in [0.1, 0.15) is 0 Å². The standard InChI is InChI=1S/C41H26ClNO7/c42-27-13-7-8-14-28(27)43-37(44)35-36(38(43)45)41(26-11-5-2-6-12-26)34(24-16-18-30-32(20-24)50-22-48-30)33(23-15-17-29-31(19-23)49-21-47-29)40(35,39(41)46)25-9-3-1-4-10-25/h1-20,35-36H,21-22H2/t35-,36-,40-,41-/m0/s1. The molecule has 0 unspecified atom stereocenters. The molecule has 10 rings (SSSR count). The van der Waals surface area contributed by atoms with Gasteiger partial charge in [-0.3, -0.25) is 14.4 Å². The fraction of sp³-hybridized carbons (Fsp3) is 0.146. The van der Waals surface area contributed by atoms with E-state index in [2.05, 4.69) is 0 Å². The lowest BCUT2D eigenvalue weighted by Gasteiger charge is -2.39. The van der Waals surface area contributed by atoms with Crippen LogP contribution in [0.2, 0.25) is 5.02 Å². The van der Waals surface area contributed by atoms with Gasteiger partial charge >= 0.3 is 0 Å². The van der Waals surface area contributed by atoms with Gasteiger partial charge in [0.05, 0.1) is 33.4 Å². The van der Waals surface area contributed by atoms with Crippen LogP contribution in [0.4, 0.5) is 5.69 Å². The Labute approximate surface area is 291 Å². The number of anilines is 1. The third kappa shape index (κ3) is 3.48. The lowest BCUT2D eigenvalue weighted by Crippen LogP contribution is -2.45. The van der Waals surface area contributed by atoms with E-state index in [0.717, 1.165) is 0 Å². The smallest absolute Gasteiger partial charge is 0.239 e. The van der Waals surface area contributed by atoms with Crippen molar-refractivity contribution in [1.82, 2.24) is 0 Å². The molecule has 2 amide bonds. The fourth-order valence-corrected chi connectivity index (χ4v) is 9.32. The number of fused-ring (bicyclic) bond motifs is 7. The van der Waals surface area contributed by atoms with Gasteiger partial charge in [-0.1, -0.05) is 96.5 Å². The first-order valence-corrected chi connectivity index (χ1v) is 16.7. The van der Waals surface area contributed by atoms with Crippen LogP contribution in [0.3, 0.4) is 0 Å². The second-order valence-corrected chi connectivity index (χ2v) is 13.4. The molecule has 3 heterocycles. The van der Waals surface area contributed by atoms with Gasteiger partial charge in [-0.25, -0.2) is 4.90 Å². The van der Waals surface area contributed by atoms with E-state index in [-0.39, 0.29) is 30.1 Å². The van der Waals surface area contributed by atoms with Crippen LogP contribution in [0.5, 0.6) is 23.0 Å². The third-order valence-corrected chi connectivity index (χ3v) is 11.2. The fourth-order valence-electron chi connectivity index (χ4n) is 9.10. The Morgan fingerprint density at radius 1 is 0.540 bits per heavy atom. The van der Waals surface area contributed by atoms with Crippen LogP contribution in [0.15, 0.2) is 121 Å². The molecule has 2 bridgehead atoms. The highest BCUT2D eigenvalue weighted by Gasteiger charge is 2.83. The lowest BCUT2D eigenvalue weighted by atomic mass is 9.59. The van der Waals surface area contributed by atoms with E-state index in [4.69, 9.17) is 30.5 Å². The Balaban J connectivity index is 1.38. The lowest BCUT2D eigenvalue weighted by molar-refractivity contribution is -0.130. The summed E-state index contributed by atoms with van der Waals surface area (Å²) >= 11 is 6.69. The molecule has 2 fully saturated rings. The molecule has 5 aromatic rings. The maximum absolute atomic E-state index is 16.2. The average Bonchev–Trinajstić information content (AvgIpc) is 3.96. The number of benzene rings is 5. The summed E-state index contributed by atoms with van der Waals surface area (Å²) in [6, 6.07) is 36.7. The predicted octanol–water partition coefficient (Wildman–Crippen LogP) is 6.99. The van der Waals surface area contributed by atoms with Gasteiger partial charge in [0, 0.05) is 0 Å². The Morgan fingerprint density at radius 3 is 1.46 bits per heavy atom. The molecule has 9 heteroatoms. The number of carbonyl (C=O) groups excluding carboxylic acids is 3. The normalized spacial score (nSPS) is 25.5. The molecule has 1 saturated carbocycles. The van der Waals surface area contributed by atoms with Crippen molar-refractivity contribution in [3.63, 3.8) is 0 Å². The summed E-state index contributed by atoms with van der Waals surface area (Å²) in [5, 5.41) is 0.260. The molecule has 50 heavy (non-hydrogen) atoms. The van der Waals surface area contributed by atoms with Gasteiger partial charge in [0.2, 0.25) is 25.4 Å². The summed E-state index contributed by atoms with van der Waals surface area (Å²) in [5.41, 5.74) is 0.918. The summed E-state index contributed by atoms with van der Waals surface area (Å²) < 4.78 is 23.1. The maximum atomic E-state index is 16.2. The van der Waals surface area contributed by atoms with Gasteiger partial charge in [-0.15, -0.1) is 0 Å². The minimum absolute atomic E-state index is 0.0635. The van der Waals surface area contributed by atoms with Crippen LogP contribution in [-0.2, 0) is 25.2 Å². The van der Waals surface area contributed by atoms with Crippen LogP contribution in [0.25, 0.3) is 11.1 Å². The van der Waals surface area contributed by atoms with E-state index in [0.29, 0.717) is 56.4 Å². The van der Waals surface area contributed by atoms with Gasteiger partial charge in [0.25, 0.3) is 0 Å². The number of ketones is 1. The van der Waals surface area contributed by atoms with Crippen molar-refractivity contribution in [2.45, 2.75) is 10.8 Å². The van der Waals surface area contributed by atoms with Crippen LogP contribution in [0.1, 0.15) is 22.3 Å². The molecule has 0 spiro atoms. The van der Waals surface area contributed by atoms with Gasteiger partial charge in [-0.2, -0.15) is 0 Å². The van der Waals surface area contributed by atoms with Crippen molar-refractivity contribution < 1.29 is 33.3 Å². The van der Waals surface area contributed by atoms with E-state index >= 15 is 14.4 Å². The molecule has 244 valence electrons. The van der Waals surface area contributed by atoms with Crippen LogP contribution in [0, 0.1) is 11.8 Å². The molecule has 3 aliphatic heterocycles. The Hall–Kier alpha value is -5.86. The topological polar surface area (TPSA) is 91.4 Å². The molecule has 2 aliphatic carbocycles. The van der Waals surface area contributed by atoms with Crippen LogP contribution >= 0.6 is 11.6 Å². The molecule has 5 aliphatic rings. The van der Waals surface area contributed by atoms with E-state index in [9.17, 15) is 0 Å². The number of hydrogen-bond donors (Lipinski definition) is 0. The van der Waals surface area contributed by atoms with Crippen molar-refractivity contribution >= 4 is 46.0 Å². The largest absolute Gasteiger partial charge is 0.454 e. The van der Waals surface area contributed by atoms with Crippen molar-refractivity contribution in [1.29, 1.82) is 0 Å². The zero-order valence-electron chi connectivity index (χ0n) is 26.3. The molecule has 0 N–H and O–H groups in total. The highest BCUT2D eigenvalue weighted by atomic mass is 35.5. The molecule has 0 aromatic heterocycles. The van der Waals surface area contributed by atoms with E-state index in [1.54, 1.807) is 24.3 Å². The second-order valence-electron chi connectivity index (χ2n) is 13.0. The number of hydrogen-bond acceptors (Lipinski definition) is 7. The highest BCUT2D eigenvalue weighted by molar-refractivity contribution is 6.41. The molecule has 8 nitrogen and oxygen atoms in total. The van der Waals surface area contributed by atoms with Crippen molar-refractivity contribution in [2.75, 3.05) is 18.5 Å². The van der Waals surface area contributed by atoms with Gasteiger partial charge < -0.3 is 18.9 Å². The first-order chi connectivity index (χ1) is 24.5. The van der Waals surface area contributed by atoms with Crippen molar-refractivity contribution in [3.8, 4) is 23.0 Å². The monoisotopic (exact) mass is 679 g/mol. The first-order valence-electron chi connectivity index (χ1n) is 16.3. The molecule has 1 saturated heterocycles. The number of ether oxygens (including phenoxy) is 4. The molecular formula is C41H26ClNO7. The first kappa shape index (κ1) is 29.1. The number of Topliss-reactive ketones (excluding diaryl/α,β-unsaturated/α-hetero) is 1. The minimum atomic E-state index is -1.59. The Kier molecular flexibility index (Phi) is 6.01. The Morgan fingerprint density at radius 2 is 0.980 bits per heavy atom. The third-order valence-electron chi connectivity index (χ3n) is 10.9. The average molecular weight is 680 g/mol. The summed E-state index contributed by atoms with van der Waals surface area (Å²) in [7, 11) is 0. The number of imide groups is 1. The number of rotatable bonds is 5. The van der Waals surface area contributed by atoms with Crippen LogP contribution in [-0.4, -0.2) is 31.2 Å². The summed E-state index contributed by atoms with van der Waals surface area (Å²) in [6.07, 6.45) is 0. The maximum Gasteiger partial charge on any atom is 0.239 e. The summed E-state index contributed by atoms with van der Waals surface area (Å²) in [4.78, 5) is 47.7. The number of para-hydroxylation sites is 1. The summed E-state index contributed by atoms with van der Waals surface area (Å²) in [5.74, 6) is -1.19. The number of amides is 2. The van der Waals surface area contributed by atoms with Gasteiger partial charge in [-0.05, 0) is 69.8 Å². The number of carbonyl (C=O) groups is 3. The zero-order chi connectivity index (χ0) is 33.8. The van der Waals surface area contributed by atoms with E-state index in [1.165, 1.54) is 4.90 Å². The second kappa shape index (κ2) is 10.3. The number of allylic oxidation sites excluding steroid dienone is 2. The molecule has 5 aromatic carbocycles. The van der Waals surface area contributed by atoms with Crippen molar-refractivity contribution in [2.24, 2.45) is 11.8 Å². The van der Waals surface area contributed by atoms with Crippen LogP contribution < -0.4 is 23.8 Å². The van der Waals surface area contributed by atoms with Crippen molar-refractivity contribution in [3.05, 3.63) is 149 Å². The zero-order valence-corrected chi connectivity index (χ0v) is 27.1. The Bertz CT molecular complexity index is 2200. The van der Waals surface area contributed by atoms with Gasteiger partial charge in [0.15, 0.2) is 28.8 Å². The highest BCUT2D eigenvalue weighted by Crippen LogP contribution is 2.75. The minimum Gasteiger partial charge on any atom is -0.454 e. The van der Waals surface area contributed by atoms with E-state index < -0.39 is 34.5 Å². The number of nitrogens with zero attached hydrogens (tertiary/aromatic N) is 1. The number of halogens is 1. The summed E-state index contributed by atoms with van der Waals surface area (Å²) in [6.45, 7) is 0.127.